The van der Waals surface area contributed by atoms with Gasteiger partial charge in [-0.05, 0) is 31.2 Å². The smallest absolute Gasteiger partial charge is 0.477 e. The molecule has 0 bridgehead atoms. The molecule has 0 aromatic carbocycles. The lowest BCUT2D eigenvalue weighted by molar-refractivity contribution is -0.192. The van der Waals surface area contributed by atoms with Gasteiger partial charge in [0, 0.05) is 25.0 Å². The van der Waals surface area contributed by atoms with E-state index in [1.807, 2.05) is 20.8 Å². The molecule has 1 amide bonds. The molecule has 188 valence electrons. The van der Waals surface area contributed by atoms with Crippen LogP contribution in [0.1, 0.15) is 49.7 Å². The van der Waals surface area contributed by atoms with Gasteiger partial charge in [0.1, 0.15) is 17.0 Å². The van der Waals surface area contributed by atoms with Crippen LogP contribution in [0, 0.1) is 11.3 Å². The van der Waals surface area contributed by atoms with Crippen molar-refractivity contribution in [2.45, 2.75) is 46.2 Å². The molecule has 0 radical (unpaired) electrons. The van der Waals surface area contributed by atoms with E-state index in [2.05, 4.69) is 20.2 Å². The number of aromatic carboxylic acids is 1. The highest BCUT2D eigenvalue weighted by Gasteiger charge is 2.38. The monoisotopic (exact) mass is 504 g/mol. The first-order valence-corrected chi connectivity index (χ1v) is 11.3. The highest BCUT2D eigenvalue weighted by molar-refractivity contribution is 7.21. The summed E-state index contributed by atoms with van der Waals surface area (Å²) in [6.07, 6.45) is -0.525. The zero-order valence-corrected chi connectivity index (χ0v) is 19.8. The number of carboxylic acid groups (broad SMARTS) is 2. The highest BCUT2D eigenvalue weighted by atomic mass is 32.1. The molecule has 1 aliphatic heterocycles. The van der Waals surface area contributed by atoms with Gasteiger partial charge < -0.3 is 20.4 Å². The maximum Gasteiger partial charge on any atom is 0.490 e. The molecular weight excluding hydrogens is 477 g/mol. The summed E-state index contributed by atoms with van der Waals surface area (Å²) in [4.78, 5) is 43.2. The minimum atomic E-state index is -5.08. The second kappa shape index (κ2) is 11.0. The molecule has 1 aliphatic rings. The minimum Gasteiger partial charge on any atom is -0.477 e. The Balaban J connectivity index is 0.000000509. The predicted octanol–water partition coefficient (Wildman–Crippen LogP) is 3.79. The number of thiophene rings is 1. The van der Waals surface area contributed by atoms with Gasteiger partial charge in [-0.3, -0.25) is 4.79 Å². The van der Waals surface area contributed by atoms with E-state index in [1.165, 1.54) is 17.7 Å². The quantitative estimate of drug-likeness (QED) is 0.560. The van der Waals surface area contributed by atoms with Crippen molar-refractivity contribution in [3.8, 4) is 0 Å². The van der Waals surface area contributed by atoms with Gasteiger partial charge in [-0.25, -0.2) is 19.6 Å². The Morgan fingerprint density at radius 2 is 1.74 bits per heavy atom. The third-order valence-electron chi connectivity index (χ3n) is 5.18. The van der Waals surface area contributed by atoms with Crippen LogP contribution in [0.15, 0.2) is 12.4 Å². The third-order valence-corrected chi connectivity index (χ3v) is 6.29. The van der Waals surface area contributed by atoms with E-state index in [9.17, 15) is 27.9 Å². The molecule has 3 rings (SSSR count). The lowest BCUT2D eigenvalue weighted by atomic mass is 9.92. The van der Waals surface area contributed by atoms with Gasteiger partial charge in [-0.15, -0.1) is 11.3 Å². The summed E-state index contributed by atoms with van der Waals surface area (Å²) in [5.74, 6) is -2.18. The summed E-state index contributed by atoms with van der Waals surface area (Å²) in [5, 5.41) is 19.4. The Hall–Kier alpha value is -2.96. The Labute approximate surface area is 198 Å². The summed E-state index contributed by atoms with van der Waals surface area (Å²) in [7, 11) is 0. The van der Waals surface area contributed by atoms with Crippen molar-refractivity contribution in [2.75, 3.05) is 24.5 Å². The van der Waals surface area contributed by atoms with Crippen LogP contribution >= 0.6 is 11.3 Å². The Morgan fingerprint density at radius 3 is 2.24 bits per heavy atom. The molecule has 1 saturated heterocycles. The van der Waals surface area contributed by atoms with Crippen molar-refractivity contribution in [2.24, 2.45) is 11.3 Å². The number of hydrogen-bond donors (Lipinski definition) is 3. The molecule has 2 aromatic rings. The van der Waals surface area contributed by atoms with Crippen molar-refractivity contribution in [1.82, 2.24) is 15.3 Å². The van der Waals surface area contributed by atoms with Crippen LogP contribution in [-0.2, 0) is 9.59 Å². The number of carboxylic acids is 2. The second-order valence-corrected chi connectivity index (χ2v) is 9.91. The van der Waals surface area contributed by atoms with E-state index < -0.39 is 18.1 Å². The molecule has 34 heavy (non-hydrogen) atoms. The first-order valence-electron chi connectivity index (χ1n) is 10.5. The molecule has 1 fully saturated rings. The van der Waals surface area contributed by atoms with Gasteiger partial charge in [0.05, 0.1) is 10.2 Å². The van der Waals surface area contributed by atoms with E-state index in [4.69, 9.17) is 9.90 Å². The number of nitrogens with one attached hydrogen (secondary N) is 1. The largest absolute Gasteiger partial charge is 0.490 e. The maximum atomic E-state index is 11.9. The van der Waals surface area contributed by atoms with Gasteiger partial charge in [-0.2, -0.15) is 13.2 Å². The van der Waals surface area contributed by atoms with Gasteiger partial charge in [-0.1, -0.05) is 20.8 Å². The average molecular weight is 505 g/mol. The third kappa shape index (κ3) is 7.54. The molecule has 0 aliphatic carbocycles. The average Bonchev–Trinajstić information content (AvgIpc) is 3.18. The number of anilines is 1. The Bertz CT molecular complexity index is 1030. The normalized spacial score (nSPS) is 14.9. The number of nitrogens with zero attached hydrogens (tertiary/aromatic N) is 3. The zero-order chi connectivity index (χ0) is 25.7. The number of piperidine rings is 1. The lowest BCUT2D eigenvalue weighted by Gasteiger charge is -2.33. The lowest BCUT2D eigenvalue weighted by Crippen LogP contribution is -2.38. The van der Waals surface area contributed by atoms with Gasteiger partial charge in [0.15, 0.2) is 0 Å². The van der Waals surface area contributed by atoms with Crippen molar-refractivity contribution in [3.63, 3.8) is 0 Å². The predicted molar refractivity (Wildman–Crippen MR) is 120 cm³/mol. The maximum absolute atomic E-state index is 11.9. The van der Waals surface area contributed by atoms with E-state index in [0.29, 0.717) is 18.0 Å². The van der Waals surface area contributed by atoms with Gasteiger partial charge in [0.25, 0.3) is 0 Å². The summed E-state index contributed by atoms with van der Waals surface area (Å²) >= 11 is 1.23. The number of hydrogen-bond acceptors (Lipinski definition) is 7. The van der Waals surface area contributed by atoms with Crippen LogP contribution in [0.5, 0.6) is 0 Å². The SMILES string of the molecule is CC(C)(C)C(=O)NCCC1CCN(c2ncnc3cc(C(=O)O)sc23)CC1.O=C(O)C(F)(F)F. The number of carbonyl (C=O) groups excluding carboxylic acids is 1. The molecule has 0 unspecified atom stereocenters. The molecule has 3 heterocycles. The first-order chi connectivity index (χ1) is 15.7. The van der Waals surface area contributed by atoms with Crippen LogP contribution in [0.25, 0.3) is 10.2 Å². The number of alkyl halides is 3. The van der Waals surface area contributed by atoms with E-state index in [1.54, 1.807) is 6.07 Å². The van der Waals surface area contributed by atoms with Crippen molar-refractivity contribution in [1.29, 1.82) is 0 Å². The Morgan fingerprint density at radius 1 is 1.15 bits per heavy atom. The van der Waals surface area contributed by atoms with Crippen molar-refractivity contribution in [3.05, 3.63) is 17.3 Å². The topological polar surface area (TPSA) is 133 Å². The summed E-state index contributed by atoms with van der Waals surface area (Å²) in [6.45, 7) is 8.23. The van der Waals surface area contributed by atoms with E-state index in [0.717, 1.165) is 42.9 Å². The minimum absolute atomic E-state index is 0.0928. The fourth-order valence-electron chi connectivity index (χ4n) is 3.26. The van der Waals surface area contributed by atoms with E-state index in [-0.39, 0.29) is 16.2 Å². The van der Waals surface area contributed by atoms with Crippen molar-refractivity contribution >= 4 is 45.2 Å². The molecule has 0 saturated carbocycles. The summed E-state index contributed by atoms with van der Waals surface area (Å²) in [6, 6.07) is 1.61. The molecular formula is C21H27F3N4O5S. The highest BCUT2D eigenvalue weighted by Crippen LogP contribution is 2.33. The number of carbonyl (C=O) groups is 3. The summed E-state index contributed by atoms with van der Waals surface area (Å²) in [5.41, 5.74) is 0.339. The Kier molecular flexibility index (Phi) is 8.81. The zero-order valence-electron chi connectivity index (χ0n) is 19.0. The van der Waals surface area contributed by atoms with Crippen LogP contribution in [0.2, 0.25) is 0 Å². The van der Waals surface area contributed by atoms with Crippen LogP contribution in [-0.4, -0.2) is 63.8 Å². The standard InChI is InChI=1S/C19H26N4O3S.C2HF3O2/c1-19(2,3)18(26)20-7-4-12-5-8-23(9-6-12)16-15-13(21-11-22-16)10-14(27-15)17(24)25;3-2(4,5)1(6)7/h10-12H,4-9H2,1-3H3,(H,20,26)(H,24,25);(H,6,7). The van der Waals surface area contributed by atoms with Crippen molar-refractivity contribution < 1.29 is 37.8 Å². The number of aliphatic carboxylic acids is 1. The van der Waals surface area contributed by atoms with Gasteiger partial charge in [0.2, 0.25) is 5.91 Å². The fourth-order valence-corrected chi connectivity index (χ4v) is 4.23. The number of amides is 1. The fraction of sp³-hybridized carbons (Fsp3) is 0.571. The number of rotatable bonds is 5. The van der Waals surface area contributed by atoms with Gasteiger partial charge >= 0.3 is 18.1 Å². The number of aromatic nitrogens is 2. The van der Waals surface area contributed by atoms with E-state index >= 15 is 0 Å². The summed E-state index contributed by atoms with van der Waals surface area (Å²) < 4.78 is 32.6. The molecule has 0 spiro atoms. The first kappa shape index (κ1) is 27.3. The van der Waals surface area contributed by atoms with Crippen LogP contribution < -0.4 is 10.2 Å². The second-order valence-electron chi connectivity index (χ2n) is 8.86. The molecule has 13 heteroatoms. The molecule has 2 aromatic heterocycles. The molecule has 9 nitrogen and oxygen atoms in total. The van der Waals surface area contributed by atoms with Crippen LogP contribution in [0.3, 0.4) is 0 Å². The van der Waals surface area contributed by atoms with Crippen LogP contribution in [0.4, 0.5) is 19.0 Å². The molecule has 3 N–H and O–H groups in total. The molecule has 0 atom stereocenters. The number of fused-ring (bicyclic) bond motifs is 1. The number of halogens is 3.